The Kier molecular flexibility index (Phi) is 38.3. The molecule has 2 saturated heterocycles. The molecule has 556 valence electrons. The van der Waals surface area contributed by atoms with Crippen LogP contribution in [-0.4, -0.2) is 169 Å². The minimum absolute atomic E-state index is 0. The Morgan fingerprint density at radius 2 is 1.08 bits per heavy atom. The van der Waals surface area contributed by atoms with Crippen molar-refractivity contribution in [2.75, 3.05) is 87.7 Å². The van der Waals surface area contributed by atoms with Crippen LogP contribution < -0.4 is 49.7 Å². The maximum Gasteiger partial charge on any atom is 1.00 e. The van der Waals surface area contributed by atoms with E-state index in [9.17, 15) is 23.3 Å². The summed E-state index contributed by atoms with van der Waals surface area (Å²) in [6.07, 6.45) is -0.416. The Balaban J connectivity index is 0.000000311. The summed E-state index contributed by atoms with van der Waals surface area (Å²) in [6.45, 7) is 18.0. The molecule has 20 nitrogen and oxygen atoms in total. The molecule has 6 atom stereocenters. The van der Waals surface area contributed by atoms with Crippen LogP contribution >= 0.6 is 12.4 Å². The summed E-state index contributed by atoms with van der Waals surface area (Å²) in [4.78, 5) is 4.46. The van der Waals surface area contributed by atoms with E-state index in [0.717, 1.165) is 35.8 Å². The molecule has 0 amide bonds. The Morgan fingerprint density at radius 1 is 0.621 bits per heavy atom. The fourth-order valence-corrected chi connectivity index (χ4v) is 11.5. The quantitative estimate of drug-likeness (QED) is 0.0285. The summed E-state index contributed by atoms with van der Waals surface area (Å²) in [5.41, 5.74) is 13.3. The number of fused-ring (bicyclic) bond motifs is 1. The average Bonchev–Trinajstić information content (AvgIpc) is 1.60. The van der Waals surface area contributed by atoms with E-state index in [1.807, 2.05) is 100 Å². The molecule has 0 radical (unpaired) electrons. The van der Waals surface area contributed by atoms with Crippen molar-refractivity contribution in [3.8, 4) is 17.2 Å². The van der Waals surface area contributed by atoms with Gasteiger partial charge in [0.1, 0.15) is 38.1 Å². The smallest absolute Gasteiger partial charge is 0.488 e. The molecule has 7 aromatic rings. The topological polar surface area (TPSA) is 233 Å². The van der Waals surface area contributed by atoms with Crippen LogP contribution in [0.15, 0.2) is 164 Å². The van der Waals surface area contributed by atoms with E-state index in [-0.39, 0.29) is 101 Å². The van der Waals surface area contributed by atoms with Crippen molar-refractivity contribution in [2.45, 2.75) is 122 Å². The van der Waals surface area contributed by atoms with Crippen molar-refractivity contribution >= 4 is 44.9 Å². The predicted molar refractivity (Wildman–Crippen MR) is 391 cm³/mol. The van der Waals surface area contributed by atoms with Gasteiger partial charge in [0, 0.05) is 86.6 Å². The van der Waals surface area contributed by atoms with Crippen LogP contribution in [0.1, 0.15) is 106 Å². The van der Waals surface area contributed by atoms with E-state index in [4.69, 9.17) is 63.1 Å². The first-order valence-corrected chi connectivity index (χ1v) is 33.8. The molecular weight excluding hydrogens is 1350 g/mol. The molecular formula is C75H101B3ClF3LiN3O17. The van der Waals surface area contributed by atoms with Gasteiger partial charge in [0.15, 0.2) is 46.3 Å². The van der Waals surface area contributed by atoms with Crippen LogP contribution in [0.2, 0.25) is 0 Å². The molecule has 12 rings (SSSR count). The fourth-order valence-electron chi connectivity index (χ4n) is 11.5. The molecule has 28 heteroatoms. The number of aliphatic hydroxyl groups excluding tert-OH is 3. The van der Waals surface area contributed by atoms with Gasteiger partial charge < -0.3 is 94.1 Å². The van der Waals surface area contributed by atoms with Crippen LogP contribution in [0.25, 0.3) is 0 Å². The molecule has 0 spiro atoms. The summed E-state index contributed by atoms with van der Waals surface area (Å²) < 4.78 is 113. The van der Waals surface area contributed by atoms with Gasteiger partial charge in [-0.25, -0.2) is 13.2 Å². The van der Waals surface area contributed by atoms with Crippen molar-refractivity contribution in [2.24, 2.45) is 5.73 Å². The first-order chi connectivity index (χ1) is 48.8. The minimum atomic E-state index is -1.27. The number of nitrogens with zero attached hydrogens (tertiary/aromatic N) is 2. The number of rotatable bonds is 25. The summed E-state index contributed by atoms with van der Waals surface area (Å²) in [6, 6.07) is 51.3. The third kappa shape index (κ3) is 27.1. The summed E-state index contributed by atoms with van der Waals surface area (Å²) in [7, 11) is 3.02. The fraction of sp³-hybridized carbons (Fsp3) is 0.427. The normalized spacial score (nSPS) is 18.7. The number of nitrogens with two attached hydrogens (primary N) is 1. The van der Waals surface area contributed by atoms with Crippen LogP contribution in [-0.2, 0) is 73.1 Å². The van der Waals surface area contributed by atoms with Crippen LogP contribution in [0.4, 0.5) is 13.2 Å². The maximum atomic E-state index is 14.8. The standard InChI is InChI=1S/C28H31BFNO5.C28H32FNO4.C11H13BFNO4.C4H9.C3H9BO3.CH4O.ClH.Li.H2/c1-28(2)34-19-22(35-28)18-33-27-24(30)14-13-23-25(36-29(32)26(23)27)17-31(15-20-9-5-3-6-10-20)16-21-11-7-4-8-12-21;1-28(2)33-20-24(34-28)19-32-27-15-23(13-14-25(27)29)26(31)18-30(16-21-9-5-3-6-10-21)17-22-11-7-4-8-12-22;13-8-2-1-7-9(3-14)18-12-10(7)11(8)16-5-6(4-15)17-12;1-3-4-2;1-5-4(6-2)7-3;1-2;;;/h3-14,22,25,32H,15-19H2,1-2H3;3-15,24,26,31H,16-20H2,1-2H3;1-2,6,9,15H,3-5,14H2;1,3-4H2,2H3;1-3H3;2H,1H3;1H;;1H/q;;;-1;;;;+1;/t22-,25+;24-,26+;6-,9-;;;;;;/m001....../s1. The molecule has 6 N–H and O–H groups in total. The molecule has 5 aliphatic rings. The first kappa shape index (κ1) is 87.8. The zero-order valence-corrected chi connectivity index (χ0v) is 61.5. The summed E-state index contributed by atoms with van der Waals surface area (Å²) in [5, 5.41) is 38.0. The second-order valence-corrected chi connectivity index (χ2v) is 25.0. The van der Waals surface area contributed by atoms with E-state index >= 15 is 0 Å². The van der Waals surface area contributed by atoms with Crippen molar-refractivity contribution in [1.82, 2.24) is 9.80 Å². The molecule has 5 heterocycles. The second-order valence-electron chi connectivity index (χ2n) is 25.0. The number of unbranched alkanes of at least 4 members (excludes halogenated alkanes) is 1. The summed E-state index contributed by atoms with van der Waals surface area (Å²) in [5.74, 6) is -2.58. The SMILES string of the molecule is CC1(C)OC[C@H](COc2c(F)ccc3c2B(O)O[C@@H]3CN(Cc2ccccc2)Cc2ccccc2)O1.CC1(C)OC[C@H](COc2cc([C@H](O)CN(Cc3ccccc3)Cc3ccccc3)ccc2F)O1.CO.COB(OC)OC.Cl.NC[C@H]1OB2O[C@H](CO)COc3c(F)ccc1c32.[CH2-]CCC.[HH].[Li+]. The Morgan fingerprint density at radius 3 is 1.51 bits per heavy atom. The Labute approximate surface area is 625 Å². The molecule has 0 unspecified atom stereocenters. The van der Waals surface area contributed by atoms with Crippen LogP contribution in [0, 0.1) is 24.4 Å². The third-order valence-corrected chi connectivity index (χ3v) is 16.4. The van der Waals surface area contributed by atoms with Gasteiger partial charge >= 0.3 is 40.4 Å². The number of benzene rings is 7. The van der Waals surface area contributed by atoms with Gasteiger partial charge in [0.2, 0.25) is 0 Å². The van der Waals surface area contributed by atoms with Gasteiger partial charge in [-0.05, 0) is 90.9 Å². The average molecular weight is 1450 g/mol. The van der Waals surface area contributed by atoms with Gasteiger partial charge in [-0.3, -0.25) is 9.80 Å². The van der Waals surface area contributed by atoms with E-state index in [2.05, 4.69) is 86.1 Å². The predicted octanol–water partition coefficient (Wildman–Crippen LogP) is 7.04. The zero-order valence-electron chi connectivity index (χ0n) is 60.7. The number of aliphatic hydroxyl groups is 3. The van der Waals surface area contributed by atoms with Crippen LogP contribution in [0.3, 0.4) is 0 Å². The third-order valence-electron chi connectivity index (χ3n) is 16.4. The van der Waals surface area contributed by atoms with Gasteiger partial charge in [0.25, 0.3) is 0 Å². The van der Waals surface area contributed by atoms with Gasteiger partial charge in [-0.2, -0.15) is 6.42 Å². The summed E-state index contributed by atoms with van der Waals surface area (Å²) >= 11 is 0. The molecule has 0 aliphatic carbocycles. The molecule has 0 bridgehead atoms. The van der Waals surface area contributed by atoms with Crippen molar-refractivity contribution < 1.29 is 115 Å². The molecule has 7 aromatic carbocycles. The van der Waals surface area contributed by atoms with Crippen molar-refractivity contribution in [3.63, 3.8) is 0 Å². The molecule has 2 fully saturated rings. The van der Waals surface area contributed by atoms with Gasteiger partial charge in [0.05, 0.1) is 38.1 Å². The van der Waals surface area contributed by atoms with E-state index in [0.29, 0.717) is 69.0 Å². The van der Waals surface area contributed by atoms with Gasteiger partial charge in [-0.15, -0.1) is 12.4 Å². The number of hydrogen-bond acceptors (Lipinski definition) is 20. The second kappa shape index (κ2) is 44.9. The first-order valence-electron chi connectivity index (χ1n) is 33.8. The van der Waals surface area contributed by atoms with E-state index in [1.54, 1.807) is 24.3 Å². The van der Waals surface area contributed by atoms with Crippen LogP contribution in [0.5, 0.6) is 17.2 Å². The number of halogens is 4. The number of ether oxygens (including phenoxy) is 7. The van der Waals surface area contributed by atoms with Crippen molar-refractivity contribution in [1.29, 1.82) is 0 Å². The van der Waals surface area contributed by atoms with Crippen molar-refractivity contribution in [3.05, 3.63) is 227 Å². The molecule has 0 aromatic heterocycles. The Hall–Kier alpha value is -5.87. The molecule has 5 aliphatic heterocycles. The monoisotopic (exact) mass is 1450 g/mol. The largest absolute Gasteiger partial charge is 1.00 e. The number of hydrogen-bond donors (Lipinski definition) is 5. The molecule has 0 saturated carbocycles. The minimum Gasteiger partial charge on any atom is -0.488 e. The zero-order chi connectivity index (χ0) is 72.9. The maximum absolute atomic E-state index is 14.8. The van der Waals surface area contributed by atoms with E-state index in [1.165, 1.54) is 57.1 Å². The van der Waals surface area contributed by atoms with Gasteiger partial charge in [-0.1, -0.05) is 153 Å². The Bertz CT molecular complexity index is 3450. The van der Waals surface area contributed by atoms with E-state index < -0.39 is 68.9 Å². The molecule has 103 heavy (non-hydrogen) atoms.